The number of nitrogen functional groups attached to an aromatic ring is 1. The summed E-state index contributed by atoms with van der Waals surface area (Å²) in [4.78, 5) is 12.3. The Kier molecular flexibility index (Phi) is 3.93. The maximum absolute atomic E-state index is 12.3. The molecular weight excluding hydrogens is 256 g/mol. The van der Waals surface area contributed by atoms with Crippen LogP contribution in [0.1, 0.15) is 23.0 Å². The number of carbonyl (C=O) groups excluding carboxylic acids is 1. The summed E-state index contributed by atoms with van der Waals surface area (Å²) < 4.78 is 6.82. The van der Waals surface area contributed by atoms with Gasteiger partial charge in [0, 0.05) is 6.54 Å². The Labute approximate surface area is 117 Å². The predicted octanol–water partition coefficient (Wildman–Crippen LogP) is 2.05. The highest BCUT2D eigenvalue weighted by Gasteiger charge is 2.17. The van der Waals surface area contributed by atoms with Crippen LogP contribution in [0.5, 0.6) is 5.75 Å². The monoisotopic (exact) mass is 274 g/mol. The number of methoxy groups -OCH3 is 1. The van der Waals surface area contributed by atoms with Crippen molar-refractivity contribution < 1.29 is 9.53 Å². The zero-order chi connectivity index (χ0) is 14.7. The summed E-state index contributed by atoms with van der Waals surface area (Å²) in [6.45, 7) is 4.43. The standard InChI is InChI=1S/C14H18N4O2/c1-4-18-13(10(15)8-16-18)14(19)17-11-6-5-9(2)7-12(11)20-3/h5-8H,4,15H2,1-3H3,(H,17,19). The number of nitrogens with one attached hydrogen (secondary N) is 1. The Hall–Kier alpha value is -2.50. The molecule has 0 aliphatic heterocycles. The second-order valence-corrected chi connectivity index (χ2v) is 4.42. The second-order valence-electron chi connectivity index (χ2n) is 4.42. The van der Waals surface area contributed by atoms with Gasteiger partial charge in [-0.2, -0.15) is 5.10 Å². The molecule has 0 saturated carbocycles. The van der Waals surface area contributed by atoms with Gasteiger partial charge in [0.05, 0.1) is 24.7 Å². The first-order chi connectivity index (χ1) is 9.56. The van der Waals surface area contributed by atoms with E-state index in [-0.39, 0.29) is 5.91 Å². The van der Waals surface area contributed by atoms with Gasteiger partial charge < -0.3 is 15.8 Å². The summed E-state index contributed by atoms with van der Waals surface area (Å²) in [5, 5.41) is 6.86. The minimum Gasteiger partial charge on any atom is -0.495 e. The molecule has 3 N–H and O–H groups in total. The number of benzene rings is 1. The molecule has 0 unspecified atom stereocenters. The average molecular weight is 274 g/mol. The number of ether oxygens (including phenoxy) is 1. The third-order valence-corrected chi connectivity index (χ3v) is 2.99. The van der Waals surface area contributed by atoms with Gasteiger partial charge in [0.2, 0.25) is 0 Å². The van der Waals surface area contributed by atoms with Gasteiger partial charge in [0.1, 0.15) is 11.4 Å². The lowest BCUT2D eigenvalue weighted by atomic mass is 10.2. The van der Waals surface area contributed by atoms with E-state index in [4.69, 9.17) is 10.5 Å². The number of anilines is 2. The van der Waals surface area contributed by atoms with E-state index in [2.05, 4.69) is 10.4 Å². The fraction of sp³-hybridized carbons (Fsp3) is 0.286. The molecule has 20 heavy (non-hydrogen) atoms. The first-order valence-electron chi connectivity index (χ1n) is 6.34. The van der Waals surface area contributed by atoms with Gasteiger partial charge in [-0.05, 0) is 31.5 Å². The summed E-state index contributed by atoms with van der Waals surface area (Å²) in [5.74, 6) is 0.309. The van der Waals surface area contributed by atoms with Crippen LogP contribution in [0.2, 0.25) is 0 Å². The lowest BCUT2D eigenvalue weighted by Crippen LogP contribution is -2.19. The molecule has 2 aromatic rings. The lowest BCUT2D eigenvalue weighted by Gasteiger charge is -2.12. The van der Waals surface area contributed by atoms with Crippen LogP contribution < -0.4 is 15.8 Å². The topological polar surface area (TPSA) is 82.2 Å². The van der Waals surface area contributed by atoms with E-state index < -0.39 is 0 Å². The molecule has 0 fully saturated rings. The molecular formula is C14H18N4O2. The SMILES string of the molecule is CCn1ncc(N)c1C(=O)Nc1ccc(C)cc1OC. The highest BCUT2D eigenvalue weighted by Crippen LogP contribution is 2.26. The normalized spacial score (nSPS) is 10.3. The van der Waals surface area contributed by atoms with Crippen molar-refractivity contribution in [3.63, 3.8) is 0 Å². The van der Waals surface area contributed by atoms with Crippen molar-refractivity contribution in [3.8, 4) is 5.75 Å². The van der Waals surface area contributed by atoms with Gasteiger partial charge in [-0.25, -0.2) is 0 Å². The van der Waals surface area contributed by atoms with Crippen molar-refractivity contribution in [3.05, 3.63) is 35.7 Å². The molecule has 0 atom stereocenters. The van der Waals surface area contributed by atoms with Crippen LogP contribution >= 0.6 is 0 Å². The number of aryl methyl sites for hydroxylation is 2. The summed E-state index contributed by atoms with van der Waals surface area (Å²) in [6.07, 6.45) is 1.48. The first kappa shape index (κ1) is 13.9. The van der Waals surface area contributed by atoms with Crippen LogP contribution in [-0.4, -0.2) is 22.8 Å². The second kappa shape index (κ2) is 5.64. The quantitative estimate of drug-likeness (QED) is 0.894. The van der Waals surface area contributed by atoms with Crippen LogP contribution in [0.15, 0.2) is 24.4 Å². The van der Waals surface area contributed by atoms with Crippen LogP contribution in [0.4, 0.5) is 11.4 Å². The molecule has 1 amide bonds. The van der Waals surface area contributed by atoms with E-state index >= 15 is 0 Å². The predicted molar refractivity (Wildman–Crippen MR) is 78.0 cm³/mol. The highest BCUT2D eigenvalue weighted by atomic mass is 16.5. The molecule has 1 aromatic carbocycles. The maximum atomic E-state index is 12.3. The van der Waals surface area contributed by atoms with Gasteiger partial charge in [0.25, 0.3) is 5.91 Å². The van der Waals surface area contributed by atoms with Gasteiger partial charge in [-0.1, -0.05) is 6.07 Å². The van der Waals surface area contributed by atoms with E-state index in [1.165, 1.54) is 6.20 Å². The third-order valence-electron chi connectivity index (χ3n) is 2.99. The number of hydrogen-bond acceptors (Lipinski definition) is 4. The molecule has 0 bridgehead atoms. The number of nitrogens with zero attached hydrogens (tertiary/aromatic N) is 2. The molecule has 6 nitrogen and oxygen atoms in total. The molecule has 0 saturated heterocycles. The van der Waals surface area contributed by atoms with E-state index in [1.807, 2.05) is 26.0 Å². The van der Waals surface area contributed by atoms with Gasteiger partial charge in [-0.15, -0.1) is 0 Å². The zero-order valence-corrected chi connectivity index (χ0v) is 11.8. The zero-order valence-electron chi connectivity index (χ0n) is 11.8. The fourth-order valence-electron chi connectivity index (χ4n) is 1.97. The molecule has 2 rings (SSSR count). The Morgan fingerprint density at radius 1 is 1.50 bits per heavy atom. The molecule has 0 aliphatic carbocycles. The van der Waals surface area contributed by atoms with Crippen molar-refractivity contribution in [2.45, 2.75) is 20.4 Å². The summed E-state index contributed by atoms with van der Waals surface area (Å²) in [6, 6.07) is 5.56. The lowest BCUT2D eigenvalue weighted by molar-refractivity contribution is 0.101. The van der Waals surface area contributed by atoms with E-state index in [0.717, 1.165) is 5.56 Å². The van der Waals surface area contributed by atoms with Gasteiger partial charge in [-0.3, -0.25) is 9.48 Å². The largest absolute Gasteiger partial charge is 0.495 e. The van der Waals surface area contributed by atoms with Crippen molar-refractivity contribution in [1.29, 1.82) is 0 Å². The highest BCUT2D eigenvalue weighted by molar-refractivity contribution is 6.07. The number of carbonyl (C=O) groups is 1. The van der Waals surface area contributed by atoms with Gasteiger partial charge in [0.15, 0.2) is 0 Å². The van der Waals surface area contributed by atoms with Crippen molar-refractivity contribution in [2.24, 2.45) is 0 Å². The molecule has 1 heterocycles. The first-order valence-corrected chi connectivity index (χ1v) is 6.34. The number of rotatable bonds is 4. The maximum Gasteiger partial charge on any atom is 0.276 e. The van der Waals surface area contributed by atoms with Crippen molar-refractivity contribution >= 4 is 17.3 Å². The fourth-order valence-corrected chi connectivity index (χ4v) is 1.97. The Morgan fingerprint density at radius 3 is 2.90 bits per heavy atom. The smallest absolute Gasteiger partial charge is 0.276 e. The van der Waals surface area contributed by atoms with Crippen molar-refractivity contribution in [1.82, 2.24) is 9.78 Å². The minimum absolute atomic E-state index is 0.302. The Balaban J connectivity index is 2.30. The molecule has 0 radical (unpaired) electrons. The van der Waals surface area contributed by atoms with Crippen LogP contribution in [0.25, 0.3) is 0 Å². The van der Waals surface area contributed by atoms with Crippen LogP contribution in [0, 0.1) is 6.92 Å². The average Bonchev–Trinajstić information content (AvgIpc) is 2.81. The summed E-state index contributed by atoms with van der Waals surface area (Å²) >= 11 is 0. The van der Waals surface area contributed by atoms with Crippen LogP contribution in [-0.2, 0) is 6.54 Å². The number of aromatic nitrogens is 2. The molecule has 1 aromatic heterocycles. The third kappa shape index (κ3) is 2.59. The van der Waals surface area contributed by atoms with E-state index in [1.54, 1.807) is 17.9 Å². The molecule has 6 heteroatoms. The van der Waals surface area contributed by atoms with Crippen LogP contribution in [0.3, 0.4) is 0 Å². The Bertz CT molecular complexity index is 634. The summed E-state index contributed by atoms with van der Waals surface area (Å²) in [7, 11) is 1.56. The Morgan fingerprint density at radius 2 is 2.25 bits per heavy atom. The molecule has 0 aliphatic rings. The number of nitrogens with two attached hydrogens (primary N) is 1. The van der Waals surface area contributed by atoms with E-state index in [0.29, 0.717) is 29.4 Å². The van der Waals surface area contributed by atoms with E-state index in [9.17, 15) is 4.79 Å². The van der Waals surface area contributed by atoms with Crippen molar-refractivity contribution in [2.75, 3.05) is 18.2 Å². The minimum atomic E-state index is -0.302. The number of hydrogen-bond donors (Lipinski definition) is 2. The molecule has 106 valence electrons. The number of amides is 1. The summed E-state index contributed by atoms with van der Waals surface area (Å²) in [5.41, 5.74) is 8.16. The molecule has 0 spiro atoms. The van der Waals surface area contributed by atoms with Gasteiger partial charge >= 0.3 is 0 Å².